The van der Waals surface area contributed by atoms with Crippen LogP contribution in [-0.2, 0) is 16.6 Å². The van der Waals surface area contributed by atoms with Gasteiger partial charge in [0.2, 0.25) is 10.0 Å². The summed E-state index contributed by atoms with van der Waals surface area (Å²) in [5.74, 6) is 0. The first kappa shape index (κ1) is 13.5. The Labute approximate surface area is 109 Å². The molecule has 0 spiro atoms. The lowest BCUT2D eigenvalue weighted by Gasteiger charge is -2.13. The maximum atomic E-state index is 12.2. The third kappa shape index (κ3) is 2.91. The van der Waals surface area contributed by atoms with Crippen molar-refractivity contribution in [2.75, 3.05) is 6.54 Å². The lowest BCUT2D eigenvalue weighted by Crippen LogP contribution is -2.29. The van der Waals surface area contributed by atoms with Crippen molar-refractivity contribution in [2.45, 2.75) is 38.1 Å². The summed E-state index contributed by atoms with van der Waals surface area (Å²) in [6.07, 6.45) is 2.19. The van der Waals surface area contributed by atoms with Crippen molar-refractivity contribution in [1.29, 1.82) is 0 Å². The number of benzene rings is 1. The average Bonchev–Trinajstić information content (AvgIpc) is 3.06. The summed E-state index contributed by atoms with van der Waals surface area (Å²) in [6, 6.07) is 5.32. The van der Waals surface area contributed by atoms with E-state index in [1.807, 2.05) is 6.07 Å². The van der Waals surface area contributed by atoms with E-state index < -0.39 is 10.0 Å². The molecule has 0 aromatic heterocycles. The van der Waals surface area contributed by atoms with Crippen LogP contribution in [0.25, 0.3) is 0 Å². The van der Waals surface area contributed by atoms with Crippen LogP contribution in [0.3, 0.4) is 0 Å². The van der Waals surface area contributed by atoms with Gasteiger partial charge in [-0.25, -0.2) is 13.1 Å². The van der Waals surface area contributed by atoms with Gasteiger partial charge in [0.05, 0.1) is 4.90 Å². The summed E-state index contributed by atoms with van der Waals surface area (Å²) in [5.41, 5.74) is 7.29. The van der Waals surface area contributed by atoms with Crippen molar-refractivity contribution in [3.8, 4) is 0 Å². The molecule has 0 atom stereocenters. The molecule has 100 valence electrons. The zero-order valence-electron chi connectivity index (χ0n) is 10.9. The van der Waals surface area contributed by atoms with Crippen LogP contribution in [0.4, 0.5) is 0 Å². The second-order valence-corrected chi connectivity index (χ2v) is 7.17. The van der Waals surface area contributed by atoms with E-state index in [9.17, 15) is 8.42 Å². The molecule has 0 bridgehead atoms. The van der Waals surface area contributed by atoms with Gasteiger partial charge in [0.1, 0.15) is 0 Å². The minimum atomic E-state index is -3.42. The number of hydrogen-bond acceptors (Lipinski definition) is 3. The van der Waals surface area contributed by atoms with Crippen LogP contribution in [0.1, 0.15) is 30.9 Å². The van der Waals surface area contributed by atoms with E-state index in [0.29, 0.717) is 18.0 Å². The molecule has 1 saturated carbocycles. The van der Waals surface area contributed by atoms with Crippen LogP contribution < -0.4 is 10.5 Å². The molecule has 0 radical (unpaired) electrons. The smallest absolute Gasteiger partial charge is 0.240 e. The second kappa shape index (κ2) is 4.64. The Hall–Kier alpha value is -0.910. The fourth-order valence-electron chi connectivity index (χ4n) is 1.80. The zero-order valence-corrected chi connectivity index (χ0v) is 11.7. The van der Waals surface area contributed by atoms with E-state index in [-0.39, 0.29) is 5.41 Å². The summed E-state index contributed by atoms with van der Waals surface area (Å²) in [4.78, 5) is 0.342. The Bertz CT molecular complexity index is 548. The SMILES string of the molecule is Cc1ccc(CN)cc1S(=O)(=O)NCC1(C)CC1. The van der Waals surface area contributed by atoms with Gasteiger partial charge in [-0.1, -0.05) is 19.1 Å². The molecule has 18 heavy (non-hydrogen) atoms. The van der Waals surface area contributed by atoms with E-state index >= 15 is 0 Å². The summed E-state index contributed by atoms with van der Waals surface area (Å²) in [5, 5.41) is 0. The number of nitrogens with one attached hydrogen (secondary N) is 1. The van der Waals surface area contributed by atoms with Crippen molar-refractivity contribution in [2.24, 2.45) is 11.1 Å². The lowest BCUT2D eigenvalue weighted by molar-refractivity contribution is 0.530. The molecule has 1 fully saturated rings. The second-order valence-electron chi connectivity index (χ2n) is 5.44. The van der Waals surface area contributed by atoms with Crippen LogP contribution in [-0.4, -0.2) is 15.0 Å². The minimum absolute atomic E-state index is 0.159. The van der Waals surface area contributed by atoms with E-state index in [4.69, 9.17) is 5.73 Å². The molecule has 0 aliphatic heterocycles. The first-order valence-electron chi connectivity index (χ1n) is 6.16. The molecular formula is C13H20N2O2S. The van der Waals surface area contributed by atoms with Crippen molar-refractivity contribution < 1.29 is 8.42 Å². The highest BCUT2D eigenvalue weighted by Crippen LogP contribution is 2.44. The van der Waals surface area contributed by atoms with Gasteiger partial charge in [0.15, 0.2) is 0 Å². The predicted molar refractivity (Wildman–Crippen MR) is 71.6 cm³/mol. The third-order valence-electron chi connectivity index (χ3n) is 3.57. The highest BCUT2D eigenvalue weighted by Gasteiger charge is 2.38. The molecule has 0 amide bonds. The Kier molecular flexibility index (Phi) is 3.49. The number of nitrogens with two attached hydrogens (primary N) is 1. The van der Waals surface area contributed by atoms with E-state index in [1.54, 1.807) is 19.1 Å². The normalized spacial score (nSPS) is 17.7. The third-order valence-corrected chi connectivity index (χ3v) is 5.11. The molecular weight excluding hydrogens is 248 g/mol. The molecule has 1 aliphatic carbocycles. The Morgan fingerprint density at radius 1 is 1.39 bits per heavy atom. The lowest BCUT2D eigenvalue weighted by atomic mass is 10.1. The van der Waals surface area contributed by atoms with Crippen molar-refractivity contribution >= 4 is 10.0 Å². The van der Waals surface area contributed by atoms with Gasteiger partial charge in [-0.2, -0.15) is 0 Å². The fourth-order valence-corrected chi connectivity index (χ4v) is 3.29. The van der Waals surface area contributed by atoms with E-state index in [2.05, 4.69) is 11.6 Å². The summed E-state index contributed by atoms with van der Waals surface area (Å²) < 4.78 is 27.2. The largest absolute Gasteiger partial charge is 0.326 e. The highest BCUT2D eigenvalue weighted by molar-refractivity contribution is 7.89. The zero-order chi connectivity index (χ0) is 13.4. The molecule has 4 nitrogen and oxygen atoms in total. The Morgan fingerprint density at radius 3 is 2.61 bits per heavy atom. The number of rotatable bonds is 5. The van der Waals surface area contributed by atoms with Crippen LogP contribution in [0.15, 0.2) is 23.1 Å². The van der Waals surface area contributed by atoms with Crippen molar-refractivity contribution in [3.63, 3.8) is 0 Å². The number of hydrogen-bond donors (Lipinski definition) is 2. The molecule has 1 aliphatic rings. The predicted octanol–water partition coefficient (Wildman–Crippen LogP) is 1.53. The molecule has 3 N–H and O–H groups in total. The highest BCUT2D eigenvalue weighted by atomic mass is 32.2. The van der Waals surface area contributed by atoms with Gasteiger partial charge in [-0.05, 0) is 42.4 Å². The van der Waals surface area contributed by atoms with Gasteiger partial charge in [-0.3, -0.25) is 0 Å². The summed E-state index contributed by atoms with van der Waals surface area (Å²) in [6.45, 7) is 4.76. The first-order chi connectivity index (χ1) is 8.36. The number of aryl methyl sites for hydroxylation is 1. The molecule has 5 heteroatoms. The van der Waals surface area contributed by atoms with Crippen LogP contribution in [0.5, 0.6) is 0 Å². The van der Waals surface area contributed by atoms with Gasteiger partial charge < -0.3 is 5.73 Å². The van der Waals surface area contributed by atoms with Crippen LogP contribution in [0.2, 0.25) is 0 Å². The first-order valence-corrected chi connectivity index (χ1v) is 7.64. The Balaban J connectivity index is 2.22. The molecule has 0 saturated heterocycles. The average molecular weight is 268 g/mol. The van der Waals surface area contributed by atoms with Crippen molar-refractivity contribution in [1.82, 2.24) is 4.72 Å². The summed E-state index contributed by atoms with van der Waals surface area (Å²) in [7, 11) is -3.42. The van der Waals surface area contributed by atoms with Gasteiger partial charge in [0.25, 0.3) is 0 Å². The monoisotopic (exact) mass is 268 g/mol. The molecule has 1 aromatic carbocycles. The quantitative estimate of drug-likeness (QED) is 0.850. The molecule has 2 rings (SSSR count). The Morgan fingerprint density at radius 2 is 2.06 bits per heavy atom. The fraction of sp³-hybridized carbons (Fsp3) is 0.538. The maximum Gasteiger partial charge on any atom is 0.240 e. The summed E-state index contributed by atoms with van der Waals surface area (Å²) >= 11 is 0. The molecule has 0 unspecified atom stereocenters. The standard InChI is InChI=1S/C13H20N2O2S/c1-10-3-4-11(8-14)7-12(10)18(16,17)15-9-13(2)5-6-13/h3-4,7,15H,5-6,8-9,14H2,1-2H3. The topological polar surface area (TPSA) is 72.2 Å². The van der Waals surface area contributed by atoms with Gasteiger partial charge in [-0.15, -0.1) is 0 Å². The van der Waals surface area contributed by atoms with Gasteiger partial charge >= 0.3 is 0 Å². The van der Waals surface area contributed by atoms with Crippen LogP contribution in [0, 0.1) is 12.3 Å². The molecule has 1 aromatic rings. The van der Waals surface area contributed by atoms with Crippen LogP contribution >= 0.6 is 0 Å². The van der Waals surface area contributed by atoms with E-state index in [0.717, 1.165) is 24.0 Å². The van der Waals surface area contributed by atoms with Crippen molar-refractivity contribution in [3.05, 3.63) is 29.3 Å². The number of sulfonamides is 1. The molecule has 0 heterocycles. The minimum Gasteiger partial charge on any atom is -0.326 e. The van der Waals surface area contributed by atoms with E-state index in [1.165, 1.54) is 0 Å². The maximum absolute atomic E-state index is 12.2. The van der Waals surface area contributed by atoms with Gasteiger partial charge in [0, 0.05) is 13.1 Å².